The SMILES string of the molecule is CCc1cccc(C)c1Nc1cnnc(Nc2ccc(C)cc2)n1. The van der Waals surface area contributed by atoms with Gasteiger partial charge in [0, 0.05) is 11.4 Å². The Hall–Kier alpha value is -2.95. The topological polar surface area (TPSA) is 62.7 Å². The minimum Gasteiger partial charge on any atom is -0.338 e. The number of nitrogens with zero attached hydrogens (tertiary/aromatic N) is 3. The Balaban J connectivity index is 1.82. The highest BCUT2D eigenvalue weighted by atomic mass is 15.3. The molecule has 0 aliphatic heterocycles. The van der Waals surface area contributed by atoms with Crippen molar-refractivity contribution >= 4 is 23.1 Å². The number of benzene rings is 2. The summed E-state index contributed by atoms with van der Waals surface area (Å²) < 4.78 is 0. The lowest BCUT2D eigenvalue weighted by Gasteiger charge is -2.13. The molecule has 0 spiro atoms. The highest BCUT2D eigenvalue weighted by molar-refractivity contribution is 5.65. The molecule has 24 heavy (non-hydrogen) atoms. The summed E-state index contributed by atoms with van der Waals surface area (Å²) in [6.45, 7) is 6.28. The van der Waals surface area contributed by atoms with Crippen molar-refractivity contribution in [2.45, 2.75) is 27.2 Å². The van der Waals surface area contributed by atoms with Crippen LogP contribution in [0, 0.1) is 13.8 Å². The smallest absolute Gasteiger partial charge is 0.249 e. The lowest BCUT2D eigenvalue weighted by molar-refractivity contribution is 0.981. The first kappa shape index (κ1) is 15.9. The number of hydrogen-bond donors (Lipinski definition) is 2. The maximum atomic E-state index is 4.51. The van der Waals surface area contributed by atoms with Crippen LogP contribution in [0.5, 0.6) is 0 Å². The maximum Gasteiger partial charge on any atom is 0.249 e. The average Bonchev–Trinajstić information content (AvgIpc) is 2.59. The highest BCUT2D eigenvalue weighted by Crippen LogP contribution is 2.24. The molecule has 0 aliphatic carbocycles. The van der Waals surface area contributed by atoms with Gasteiger partial charge >= 0.3 is 0 Å². The predicted octanol–water partition coefficient (Wildman–Crippen LogP) is 4.54. The molecule has 0 radical (unpaired) electrons. The zero-order valence-corrected chi connectivity index (χ0v) is 14.2. The van der Waals surface area contributed by atoms with Crippen LogP contribution in [-0.4, -0.2) is 15.2 Å². The summed E-state index contributed by atoms with van der Waals surface area (Å²) in [6, 6.07) is 14.3. The number of aryl methyl sites for hydroxylation is 3. The van der Waals surface area contributed by atoms with Gasteiger partial charge in [-0.15, -0.1) is 5.10 Å². The van der Waals surface area contributed by atoms with Gasteiger partial charge in [-0.25, -0.2) is 0 Å². The van der Waals surface area contributed by atoms with Crippen LogP contribution in [0.25, 0.3) is 0 Å². The van der Waals surface area contributed by atoms with Gasteiger partial charge in [-0.05, 0) is 43.5 Å². The number of anilines is 4. The van der Waals surface area contributed by atoms with E-state index in [1.807, 2.05) is 24.3 Å². The van der Waals surface area contributed by atoms with Crippen molar-refractivity contribution in [1.29, 1.82) is 0 Å². The molecule has 0 atom stereocenters. The Kier molecular flexibility index (Phi) is 4.70. The van der Waals surface area contributed by atoms with Gasteiger partial charge in [0.05, 0.1) is 6.20 Å². The summed E-state index contributed by atoms with van der Waals surface area (Å²) in [6.07, 6.45) is 2.59. The molecule has 0 amide bonds. The van der Waals surface area contributed by atoms with Crippen LogP contribution >= 0.6 is 0 Å². The van der Waals surface area contributed by atoms with Gasteiger partial charge in [0.15, 0.2) is 5.82 Å². The number of para-hydroxylation sites is 1. The molecule has 122 valence electrons. The van der Waals surface area contributed by atoms with Crippen LogP contribution in [0.2, 0.25) is 0 Å². The predicted molar refractivity (Wildman–Crippen MR) is 98.1 cm³/mol. The van der Waals surface area contributed by atoms with Gasteiger partial charge in [-0.1, -0.05) is 42.8 Å². The van der Waals surface area contributed by atoms with Crippen molar-refractivity contribution in [2.24, 2.45) is 0 Å². The van der Waals surface area contributed by atoms with Gasteiger partial charge in [-0.3, -0.25) is 0 Å². The standard InChI is InChI=1S/C19H21N5/c1-4-15-7-5-6-14(3)18(15)22-17-12-20-24-19(23-17)21-16-10-8-13(2)9-11-16/h5-12H,4H2,1-3H3,(H2,21,22,23,24). The molecule has 0 saturated carbocycles. The Morgan fingerprint density at radius 1 is 0.958 bits per heavy atom. The molecule has 5 heteroatoms. The fourth-order valence-corrected chi connectivity index (χ4v) is 2.51. The van der Waals surface area contributed by atoms with Gasteiger partial charge in [0.2, 0.25) is 5.95 Å². The molecule has 0 aliphatic rings. The van der Waals surface area contributed by atoms with Gasteiger partial charge < -0.3 is 10.6 Å². The van der Waals surface area contributed by atoms with Crippen molar-refractivity contribution < 1.29 is 0 Å². The van der Waals surface area contributed by atoms with E-state index in [-0.39, 0.29) is 0 Å². The van der Waals surface area contributed by atoms with Crippen molar-refractivity contribution in [1.82, 2.24) is 15.2 Å². The molecule has 0 saturated heterocycles. The van der Waals surface area contributed by atoms with Crippen LogP contribution in [0.3, 0.4) is 0 Å². The Labute approximate surface area is 142 Å². The number of hydrogen-bond acceptors (Lipinski definition) is 5. The lowest BCUT2D eigenvalue weighted by atomic mass is 10.1. The Bertz CT molecular complexity index is 827. The molecular weight excluding hydrogens is 298 g/mol. The zero-order chi connectivity index (χ0) is 16.9. The maximum absolute atomic E-state index is 4.51. The summed E-state index contributed by atoms with van der Waals surface area (Å²) in [4.78, 5) is 4.51. The van der Waals surface area contributed by atoms with E-state index in [2.05, 4.69) is 64.8 Å². The minimum absolute atomic E-state index is 0.468. The lowest BCUT2D eigenvalue weighted by Crippen LogP contribution is -2.04. The normalized spacial score (nSPS) is 10.5. The van der Waals surface area contributed by atoms with E-state index in [0.717, 1.165) is 17.8 Å². The second kappa shape index (κ2) is 7.08. The van der Waals surface area contributed by atoms with Crippen LogP contribution in [0.4, 0.5) is 23.1 Å². The van der Waals surface area contributed by atoms with Crippen molar-refractivity contribution in [3.63, 3.8) is 0 Å². The number of aromatic nitrogens is 3. The Morgan fingerprint density at radius 2 is 1.75 bits per heavy atom. The third-order valence-electron chi connectivity index (χ3n) is 3.86. The molecule has 1 aromatic heterocycles. The highest BCUT2D eigenvalue weighted by Gasteiger charge is 2.07. The minimum atomic E-state index is 0.468. The monoisotopic (exact) mass is 319 g/mol. The Morgan fingerprint density at radius 3 is 2.50 bits per heavy atom. The number of rotatable bonds is 5. The molecule has 1 heterocycles. The van der Waals surface area contributed by atoms with Crippen LogP contribution in [0.15, 0.2) is 48.7 Å². The van der Waals surface area contributed by atoms with Gasteiger partial charge in [0.1, 0.15) is 0 Å². The van der Waals surface area contributed by atoms with E-state index in [4.69, 9.17) is 0 Å². The molecule has 0 fully saturated rings. The average molecular weight is 319 g/mol. The summed E-state index contributed by atoms with van der Waals surface area (Å²) >= 11 is 0. The molecule has 0 bridgehead atoms. The van der Waals surface area contributed by atoms with Crippen LogP contribution in [-0.2, 0) is 6.42 Å². The largest absolute Gasteiger partial charge is 0.338 e. The second-order valence-electron chi connectivity index (χ2n) is 5.74. The summed E-state index contributed by atoms with van der Waals surface area (Å²) in [5.74, 6) is 1.14. The van der Waals surface area contributed by atoms with Crippen LogP contribution in [0.1, 0.15) is 23.6 Å². The van der Waals surface area contributed by atoms with Crippen molar-refractivity contribution in [2.75, 3.05) is 10.6 Å². The zero-order valence-electron chi connectivity index (χ0n) is 14.2. The van der Waals surface area contributed by atoms with Crippen molar-refractivity contribution in [3.8, 4) is 0 Å². The fraction of sp³-hybridized carbons (Fsp3) is 0.211. The van der Waals surface area contributed by atoms with E-state index in [1.54, 1.807) is 6.20 Å². The summed E-state index contributed by atoms with van der Waals surface area (Å²) in [5.41, 5.74) is 5.66. The third kappa shape index (κ3) is 3.68. The van der Waals surface area contributed by atoms with Crippen LogP contribution < -0.4 is 10.6 Å². The van der Waals surface area contributed by atoms with Gasteiger partial charge in [-0.2, -0.15) is 10.1 Å². The molecule has 2 N–H and O–H groups in total. The fourth-order valence-electron chi connectivity index (χ4n) is 2.51. The first-order chi connectivity index (χ1) is 11.7. The molecule has 3 aromatic rings. The molecule has 5 nitrogen and oxygen atoms in total. The molecular formula is C19H21N5. The van der Waals surface area contributed by atoms with E-state index in [9.17, 15) is 0 Å². The number of nitrogens with one attached hydrogen (secondary N) is 2. The van der Waals surface area contributed by atoms with E-state index < -0.39 is 0 Å². The molecule has 2 aromatic carbocycles. The summed E-state index contributed by atoms with van der Waals surface area (Å²) in [5, 5.41) is 14.6. The summed E-state index contributed by atoms with van der Waals surface area (Å²) in [7, 11) is 0. The first-order valence-electron chi connectivity index (χ1n) is 8.04. The molecule has 0 unspecified atom stereocenters. The third-order valence-corrected chi connectivity index (χ3v) is 3.86. The first-order valence-corrected chi connectivity index (χ1v) is 8.04. The van der Waals surface area contributed by atoms with E-state index in [0.29, 0.717) is 11.8 Å². The quantitative estimate of drug-likeness (QED) is 0.723. The van der Waals surface area contributed by atoms with E-state index >= 15 is 0 Å². The molecule has 3 rings (SSSR count). The van der Waals surface area contributed by atoms with Gasteiger partial charge in [0.25, 0.3) is 0 Å². The van der Waals surface area contributed by atoms with E-state index in [1.165, 1.54) is 16.7 Å². The van der Waals surface area contributed by atoms with Crippen molar-refractivity contribution in [3.05, 3.63) is 65.4 Å². The second-order valence-corrected chi connectivity index (χ2v) is 5.74.